The first-order chi connectivity index (χ1) is 10.7. The molecule has 1 amide bonds. The maximum Gasteiger partial charge on any atom is 0.270 e. The Morgan fingerprint density at radius 3 is 2.86 bits per heavy atom. The highest BCUT2D eigenvalue weighted by molar-refractivity contribution is 5.92. The maximum absolute atomic E-state index is 12.5. The SMILES string of the molecule is COc1ccnc(C(=O)N[C@H](c2cccc(C)n2)C2CC2)c1. The lowest BCUT2D eigenvalue weighted by Crippen LogP contribution is -2.31. The minimum atomic E-state index is -0.195. The third-order valence-electron chi connectivity index (χ3n) is 3.81. The normalized spacial score (nSPS) is 15.2. The molecule has 0 spiro atoms. The van der Waals surface area contributed by atoms with Crippen molar-refractivity contribution >= 4 is 5.91 Å². The summed E-state index contributed by atoms with van der Waals surface area (Å²) in [7, 11) is 1.57. The molecule has 0 bridgehead atoms. The smallest absolute Gasteiger partial charge is 0.270 e. The van der Waals surface area contributed by atoms with Gasteiger partial charge in [0, 0.05) is 18.0 Å². The van der Waals surface area contributed by atoms with E-state index in [9.17, 15) is 4.79 Å². The molecular weight excluding hydrogens is 278 g/mol. The van der Waals surface area contributed by atoms with Gasteiger partial charge in [-0.3, -0.25) is 14.8 Å². The zero-order valence-electron chi connectivity index (χ0n) is 12.7. The van der Waals surface area contributed by atoms with Crippen LogP contribution in [0.1, 0.15) is 40.8 Å². The van der Waals surface area contributed by atoms with Gasteiger partial charge in [0.15, 0.2) is 0 Å². The van der Waals surface area contributed by atoms with Gasteiger partial charge in [-0.25, -0.2) is 0 Å². The van der Waals surface area contributed by atoms with Gasteiger partial charge in [0.05, 0.1) is 18.8 Å². The number of rotatable bonds is 5. The molecule has 2 heterocycles. The van der Waals surface area contributed by atoms with Crippen LogP contribution in [0.4, 0.5) is 0 Å². The van der Waals surface area contributed by atoms with Crippen molar-refractivity contribution in [1.29, 1.82) is 0 Å². The molecule has 1 N–H and O–H groups in total. The molecule has 0 saturated heterocycles. The molecule has 0 aliphatic heterocycles. The van der Waals surface area contributed by atoms with Gasteiger partial charge >= 0.3 is 0 Å². The van der Waals surface area contributed by atoms with E-state index in [4.69, 9.17) is 4.74 Å². The van der Waals surface area contributed by atoms with Crippen molar-refractivity contribution in [3.8, 4) is 5.75 Å². The lowest BCUT2D eigenvalue weighted by atomic mass is 10.1. The molecule has 0 radical (unpaired) electrons. The highest BCUT2D eigenvalue weighted by Crippen LogP contribution is 2.40. The zero-order valence-corrected chi connectivity index (χ0v) is 12.7. The van der Waals surface area contributed by atoms with Gasteiger partial charge < -0.3 is 10.1 Å². The Hall–Kier alpha value is -2.43. The predicted octanol–water partition coefficient (Wildman–Crippen LogP) is 2.67. The molecule has 114 valence electrons. The quantitative estimate of drug-likeness (QED) is 0.921. The van der Waals surface area contributed by atoms with Crippen molar-refractivity contribution < 1.29 is 9.53 Å². The van der Waals surface area contributed by atoms with Crippen LogP contribution >= 0.6 is 0 Å². The molecule has 2 aromatic heterocycles. The number of ether oxygens (including phenoxy) is 1. The summed E-state index contributed by atoms with van der Waals surface area (Å²) in [6, 6.07) is 9.21. The maximum atomic E-state index is 12.5. The number of nitrogens with one attached hydrogen (secondary N) is 1. The van der Waals surface area contributed by atoms with Crippen LogP contribution in [0.2, 0.25) is 0 Å². The number of hydrogen-bond acceptors (Lipinski definition) is 4. The van der Waals surface area contributed by atoms with Crippen LogP contribution < -0.4 is 10.1 Å². The van der Waals surface area contributed by atoms with Crippen molar-refractivity contribution in [2.24, 2.45) is 5.92 Å². The van der Waals surface area contributed by atoms with Crippen LogP contribution in [0.15, 0.2) is 36.5 Å². The molecule has 1 aliphatic carbocycles. The minimum absolute atomic E-state index is 0.0552. The van der Waals surface area contributed by atoms with Gasteiger partial charge in [-0.1, -0.05) is 6.07 Å². The van der Waals surface area contributed by atoms with Crippen molar-refractivity contribution in [2.75, 3.05) is 7.11 Å². The van der Waals surface area contributed by atoms with Crippen molar-refractivity contribution in [1.82, 2.24) is 15.3 Å². The van der Waals surface area contributed by atoms with E-state index in [-0.39, 0.29) is 11.9 Å². The number of aromatic nitrogens is 2. The monoisotopic (exact) mass is 297 g/mol. The average molecular weight is 297 g/mol. The van der Waals surface area contributed by atoms with Crippen LogP contribution in [-0.4, -0.2) is 23.0 Å². The Morgan fingerprint density at radius 1 is 1.36 bits per heavy atom. The standard InChI is InChI=1S/C17H19N3O2/c1-11-4-3-5-14(19-11)16(12-6-7-12)20-17(21)15-10-13(22-2)8-9-18-15/h3-5,8-10,12,16H,6-7H2,1-2H3,(H,20,21)/t16-/m0/s1. The van der Waals surface area contributed by atoms with E-state index in [1.807, 2.05) is 25.1 Å². The molecule has 5 heteroatoms. The second-order valence-corrected chi connectivity index (χ2v) is 5.57. The largest absolute Gasteiger partial charge is 0.497 e. The molecule has 3 rings (SSSR count). The van der Waals surface area contributed by atoms with E-state index in [1.165, 1.54) is 0 Å². The predicted molar refractivity (Wildman–Crippen MR) is 82.7 cm³/mol. The minimum Gasteiger partial charge on any atom is -0.497 e. The zero-order chi connectivity index (χ0) is 15.5. The van der Waals surface area contributed by atoms with Gasteiger partial charge in [-0.15, -0.1) is 0 Å². The molecule has 0 aromatic carbocycles. The Labute approximate surface area is 129 Å². The Bertz CT molecular complexity index is 683. The lowest BCUT2D eigenvalue weighted by Gasteiger charge is -2.18. The van der Waals surface area contributed by atoms with E-state index >= 15 is 0 Å². The summed E-state index contributed by atoms with van der Waals surface area (Å²) < 4.78 is 5.14. The fourth-order valence-electron chi connectivity index (χ4n) is 2.48. The van der Waals surface area contributed by atoms with Crippen LogP contribution in [0.25, 0.3) is 0 Å². The number of methoxy groups -OCH3 is 1. The fraction of sp³-hybridized carbons (Fsp3) is 0.353. The Kier molecular flexibility index (Phi) is 4.04. The van der Waals surface area contributed by atoms with Gasteiger partial charge in [0.1, 0.15) is 11.4 Å². The second-order valence-electron chi connectivity index (χ2n) is 5.57. The first kappa shape index (κ1) is 14.5. The molecule has 1 fully saturated rings. The van der Waals surface area contributed by atoms with Gasteiger partial charge in [-0.05, 0) is 43.9 Å². The number of aryl methyl sites for hydroxylation is 1. The first-order valence-electron chi connectivity index (χ1n) is 7.42. The summed E-state index contributed by atoms with van der Waals surface area (Å²) in [6.07, 6.45) is 3.81. The summed E-state index contributed by atoms with van der Waals surface area (Å²) in [6.45, 7) is 1.96. The Morgan fingerprint density at radius 2 is 2.18 bits per heavy atom. The number of carbonyl (C=O) groups is 1. The van der Waals surface area contributed by atoms with Gasteiger partial charge in [-0.2, -0.15) is 0 Å². The molecule has 1 aliphatic rings. The van der Waals surface area contributed by atoms with Crippen molar-refractivity contribution in [2.45, 2.75) is 25.8 Å². The molecule has 22 heavy (non-hydrogen) atoms. The Balaban J connectivity index is 1.80. The third-order valence-corrected chi connectivity index (χ3v) is 3.81. The molecule has 0 unspecified atom stereocenters. The van der Waals surface area contributed by atoms with E-state index in [1.54, 1.807) is 25.4 Å². The topological polar surface area (TPSA) is 64.1 Å². The van der Waals surface area contributed by atoms with Crippen LogP contribution in [0.5, 0.6) is 5.75 Å². The highest BCUT2D eigenvalue weighted by atomic mass is 16.5. The summed E-state index contributed by atoms with van der Waals surface area (Å²) in [5, 5.41) is 3.07. The molecular formula is C17H19N3O2. The van der Waals surface area contributed by atoms with Crippen molar-refractivity contribution in [3.63, 3.8) is 0 Å². The summed E-state index contributed by atoms with van der Waals surface area (Å²) in [4.78, 5) is 21.1. The van der Waals surface area contributed by atoms with E-state index in [0.717, 1.165) is 24.2 Å². The first-order valence-corrected chi connectivity index (χ1v) is 7.42. The number of pyridine rings is 2. The van der Waals surface area contributed by atoms with Gasteiger partial charge in [0.2, 0.25) is 0 Å². The van der Waals surface area contributed by atoms with Crippen LogP contribution in [0.3, 0.4) is 0 Å². The number of amides is 1. The fourth-order valence-corrected chi connectivity index (χ4v) is 2.48. The summed E-state index contributed by atoms with van der Waals surface area (Å²) >= 11 is 0. The molecule has 2 aromatic rings. The van der Waals surface area contributed by atoms with E-state index in [0.29, 0.717) is 17.4 Å². The third kappa shape index (κ3) is 3.24. The number of nitrogens with zero attached hydrogens (tertiary/aromatic N) is 2. The van der Waals surface area contributed by atoms with E-state index < -0.39 is 0 Å². The number of carbonyl (C=O) groups excluding carboxylic acids is 1. The second kappa shape index (κ2) is 6.13. The van der Waals surface area contributed by atoms with Crippen LogP contribution in [-0.2, 0) is 0 Å². The molecule has 5 nitrogen and oxygen atoms in total. The summed E-state index contributed by atoms with van der Waals surface area (Å²) in [5.74, 6) is 0.889. The molecule has 1 atom stereocenters. The van der Waals surface area contributed by atoms with Crippen LogP contribution in [0, 0.1) is 12.8 Å². The molecule has 1 saturated carbocycles. The highest BCUT2D eigenvalue weighted by Gasteiger charge is 2.34. The van der Waals surface area contributed by atoms with Gasteiger partial charge in [0.25, 0.3) is 5.91 Å². The summed E-state index contributed by atoms with van der Waals surface area (Å²) in [5.41, 5.74) is 2.23. The van der Waals surface area contributed by atoms with Crippen molar-refractivity contribution in [3.05, 3.63) is 53.6 Å². The van der Waals surface area contributed by atoms with E-state index in [2.05, 4.69) is 15.3 Å². The number of hydrogen-bond donors (Lipinski definition) is 1. The lowest BCUT2D eigenvalue weighted by molar-refractivity contribution is 0.0925. The average Bonchev–Trinajstić information content (AvgIpc) is 3.37.